The average Bonchev–Trinajstić information content (AvgIpc) is 2.81. The molecule has 0 aliphatic heterocycles. The molecular weight excluding hydrogens is 534 g/mol. The smallest absolute Gasteiger partial charge is 0.242 e. The molecule has 1 N–H and O–H groups in total. The summed E-state index contributed by atoms with van der Waals surface area (Å²) in [5, 5.41) is 2.77. The molecule has 0 aliphatic rings. The number of benzene rings is 2. The zero-order valence-corrected chi connectivity index (χ0v) is 23.1. The first-order valence-corrected chi connectivity index (χ1v) is 14.2. The fourth-order valence-electron chi connectivity index (χ4n) is 3.61. The Labute approximate surface area is 216 Å². The molecular formula is C25H34BrN3O5S. The van der Waals surface area contributed by atoms with Gasteiger partial charge in [-0.3, -0.25) is 13.9 Å². The van der Waals surface area contributed by atoms with Crippen molar-refractivity contribution in [3.8, 4) is 5.75 Å². The van der Waals surface area contributed by atoms with Crippen LogP contribution in [0.25, 0.3) is 0 Å². The fourth-order valence-corrected chi connectivity index (χ4v) is 4.85. The number of rotatable bonds is 13. The lowest BCUT2D eigenvalue weighted by atomic mass is 10.1. The minimum atomic E-state index is -3.61. The second-order valence-corrected chi connectivity index (χ2v) is 10.9. The Morgan fingerprint density at radius 3 is 2.34 bits per heavy atom. The molecule has 2 amide bonds. The molecule has 192 valence electrons. The van der Waals surface area contributed by atoms with Gasteiger partial charge in [-0.05, 0) is 57.0 Å². The maximum atomic E-state index is 13.2. The van der Waals surface area contributed by atoms with Gasteiger partial charge in [0.2, 0.25) is 21.8 Å². The summed E-state index contributed by atoms with van der Waals surface area (Å²) < 4.78 is 32.9. The van der Waals surface area contributed by atoms with Crippen molar-refractivity contribution in [3.63, 3.8) is 0 Å². The number of amides is 2. The predicted octanol–water partition coefficient (Wildman–Crippen LogP) is 3.95. The number of hydrogen-bond donors (Lipinski definition) is 1. The summed E-state index contributed by atoms with van der Waals surface area (Å²) in [5.74, 6) is 0.00746. The summed E-state index contributed by atoms with van der Waals surface area (Å²) in [6, 6.07) is 13.8. The van der Waals surface area contributed by atoms with Gasteiger partial charge in [0, 0.05) is 30.5 Å². The van der Waals surface area contributed by atoms with Gasteiger partial charge in [0.25, 0.3) is 0 Å². The van der Waals surface area contributed by atoms with Gasteiger partial charge in [-0.2, -0.15) is 0 Å². The molecule has 0 spiro atoms. The quantitative estimate of drug-likeness (QED) is 0.395. The SMILES string of the molecule is CCNC(=O)[C@@H](C)N(Cc1ccc(Br)cc1)C(=O)CCCN(c1ccccc1OCC)S(C)(=O)=O. The lowest BCUT2D eigenvalue weighted by Crippen LogP contribution is -2.47. The molecule has 0 aromatic heterocycles. The zero-order chi connectivity index (χ0) is 26.0. The Hall–Kier alpha value is -2.59. The normalized spacial score (nSPS) is 12.0. The molecule has 8 nitrogen and oxygen atoms in total. The molecule has 0 bridgehead atoms. The molecule has 35 heavy (non-hydrogen) atoms. The minimum absolute atomic E-state index is 0.0864. The highest BCUT2D eigenvalue weighted by atomic mass is 79.9. The van der Waals surface area contributed by atoms with Crippen molar-refractivity contribution in [2.75, 3.05) is 30.3 Å². The number of anilines is 1. The number of hydrogen-bond acceptors (Lipinski definition) is 5. The third kappa shape index (κ3) is 8.54. The number of nitrogens with one attached hydrogen (secondary N) is 1. The standard InChI is InChI=1S/C25H34BrN3O5S/c1-5-27-25(31)19(3)28(18-20-13-15-21(26)16-14-20)24(30)12-9-17-29(35(4,32)33)22-10-7-8-11-23(22)34-6-2/h7-8,10-11,13-16,19H,5-6,9,12,17-18H2,1-4H3,(H,27,31)/t19-/m1/s1. The van der Waals surface area contributed by atoms with E-state index < -0.39 is 16.1 Å². The van der Waals surface area contributed by atoms with Gasteiger partial charge in [0.1, 0.15) is 11.8 Å². The van der Waals surface area contributed by atoms with E-state index in [0.29, 0.717) is 24.6 Å². The molecule has 2 rings (SSSR count). The number of carbonyl (C=O) groups is 2. The molecule has 0 fully saturated rings. The molecule has 0 heterocycles. The molecule has 1 atom stereocenters. The largest absolute Gasteiger partial charge is 0.492 e. The number of sulfonamides is 1. The van der Waals surface area contributed by atoms with Crippen molar-refractivity contribution in [2.45, 2.75) is 46.2 Å². The highest BCUT2D eigenvalue weighted by Crippen LogP contribution is 2.30. The van der Waals surface area contributed by atoms with E-state index in [1.54, 1.807) is 31.2 Å². The second kappa shape index (κ2) is 13.5. The van der Waals surface area contributed by atoms with Crippen LogP contribution in [0.2, 0.25) is 0 Å². The van der Waals surface area contributed by atoms with Crippen LogP contribution in [0.3, 0.4) is 0 Å². The van der Waals surface area contributed by atoms with Crippen LogP contribution in [0.5, 0.6) is 5.75 Å². The van der Waals surface area contributed by atoms with E-state index in [1.165, 1.54) is 9.21 Å². The lowest BCUT2D eigenvalue weighted by molar-refractivity contribution is -0.140. The summed E-state index contributed by atoms with van der Waals surface area (Å²) in [5.41, 5.74) is 1.33. The van der Waals surface area contributed by atoms with Gasteiger partial charge in [0.05, 0.1) is 18.6 Å². The molecule has 2 aromatic rings. The summed E-state index contributed by atoms with van der Waals surface area (Å²) in [7, 11) is -3.61. The Bertz CT molecular complexity index is 1090. The zero-order valence-electron chi connectivity index (χ0n) is 20.7. The first-order chi connectivity index (χ1) is 16.6. The van der Waals surface area contributed by atoms with Gasteiger partial charge >= 0.3 is 0 Å². The number of nitrogens with zero attached hydrogens (tertiary/aromatic N) is 2. The second-order valence-electron chi connectivity index (χ2n) is 8.06. The van der Waals surface area contributed by atoms with Crippen molar-refractivity contribution >= 4 is 43.5 Å². The summed E-state index contributed by atoms with van der Waals surface area (Å²) in [6.45, 7) is 6.59. The van der Waals surface area contributed by atoms with Crippen LogP contribution in [0, 0.1) is 0 Å². The van der Waals surface area contributed by atoms with Crippen LogP contribution < -0.4 is 14.4 Å². The van der Waals surface area contributed by atoms with Gasteiger partial charge in [-0.15, -0.1) is 0 Å². The van der Waals surface area contributed by atoms with Crippen LogP contribution in [0.4, 0.5) is 5.69 Å². The molecule has 2 aromatic carbocycles. The number of likely N-dealkylation sites (N-methyl/N-ethyl adjacent to an activating group) is 1. The number of para-hydroxylation sites is 2. The maximum Gasteiger partial charge on any atom is 0.242 e. The van der Waals surface area contributed by atoms with Crippen LogP contribution in [0.15, 0.2) is 53.0 Å². The van der Waals surface area contributed by atoms with Gasteiger partial charge in [-0.1, -0.05) is 40.2 Å². The number of carbonyl (C=O) groups excluding carboxylic acids is 2. The van der Waals surface area contributed by atoms with E-state index in [9.17, 15) is 18.0 Å². The highest BCUT2D eigenvalue weighted by molar-refractivity contribution is 9.10. The Kier molecular flexibility index (Phi) is 11.0. The van der Waals surface area contributed by atoms with Gasteiger partial charge in [0.15, 0.2) is 0 Å². The van der Waals surface area contributed by atoms with Crippen molar-refractivity contribution in [1.29, 1.82) is 0 Å². The van der Waals surface area contributed by atoms with E-state index >= 15 is 0 Å². The van der Waals surface area contributed by atoms with Crippen molar-refractivity contribution in [2.24, 2.45) is 0 Å². The van der Waals surface area contributed by atoms with Crippen LogP contribution >= 0.6 is 15.9 Å². The van der Waals surface area contributed by atoms with Crippen molar-refractivity contribution < 1.29 is 22.7 Å². The van der Waals surface area contributed by atoms with E-state index in [4.69, 9.17) is 4.74 Å². The van der Waals surface area contributed by atoms with Gasteiger partial charge < -0.3 is 15.0 Å². The molecule has 0 saturated heterocycles. The van der Waals surface area contributed by atoms with E-state index in [1.807, 2.05) is 38.1 Å². The maximum absolute atomic E-state index is 13.2. The first kappa shape index (κ1) is 28.6. The Morgan fingerprint density at radius 2 is 1.74 bits per heavy atom. The average molecular weight is 569 g/mol. The molecule has 10 heteroatoms. The molecule has 0 saturated carbocycles. The fraction of sp³-hybridized carbons (Fsp3) is 0.440. The topological polar surface area (TPSA) is 96.0 Å². The third-order valence-electron chi connectivity index (χ3n) is 5.37. The molecule has 0 aliphatic carbocycles. The molecule has 0 radical (unpaired) electrons. The summed E-state index contributed by atoms with van der Waals surface area (Å²) in [6.07, 6.45) is 1.50. The van der Waals surface area contributed by atoms with Crippen molar-refractivity contribution in [1.82, 2.24) is 10.2 Å². The lowest BCUT2D eigenvalue weighted by Gasteiger charge is -2.29. The highest BCUT2D eigenvalue weighted by Gasteiger charge is 2.27. The monoisotopic (exact) mass is 567 g/mol. The van der Waals surface area contributed by atoms with Crippen LogP contribution in [-0.4, -0.2) is 57.1 Å². The minimum Gasteiger partial charge on any atom is -0.492 e. The number of halogens is 1. The predicted molar refractivity (Wildman–Crippen MR) is 142 cm³/mol. The first-order valence-electron chi connectivity index (χ1n) is 11.6. The van der Waals surface area contributed by atoms with E-state index in [-0.39, 0.29) is 37.7 Å². The summed E-state index contributed by atoms with van der Waals surface area (Å²) in [4.78, 5) is 27.3. The molecule has 0 unspecified atom stereocenters. The van der Waals surface area contributed by atoms with E-state index in [2.05, 4.69) is 21.2 Å². The van der Waals surface area contributed by atoms with Crippen LogP contribution in [0.1, 0.15) is 39.2 Å². The van der Waals surface area contributed by atoms with Crippen molar-refractivity contribution in [3.05, 3.63) is 58.6 Å². The van der Waals surface area contributed by atoms with E-state index in [0.717, 1.165) is 16.3 Å². The van der Waals surface area contributed by atoms with Gasteiger partial charge in [-0.25, -0.2) is 8.42 Å². The van der Waals surface area contributed by atoms with Crippen LogP contribution in [-0.2, 0) is 26.2 Å². The summed E-state index contributed by atoms with van der Waals surface area (Å²) >= 11 is 3.40. The number of ether oxygens (including phenoxy) is 1. The third-order valence-corrected chi connectivity index (χ3v) is 7.08. The Balaban J connectivity index is 2.18. The Morgan fingerprint density at radius 1 is 1.09 bits per heavy atom.